The van der Waals surface area contributed by atoms with Crippen LogP contribution in [0.4, 0.5) is 0 Å². The molecule has 0 spiro atoms. The van der Waals surface area contributed by atoms with Gasteiger partial charge in [0.25, 0.3) is 0 Å². The van der Waals surface area contributed by atoms with E-state index in [1.165, 1.54) is 12.8 Å². The molecule has 20 heavy (non-hydrogen) atoms. The van der Waals surface area contributed by atoms with E-state index in [4.69, 9.17) is 4.74 Å². The Morgan fingerprint density at radius 2 is 2.25 bits per heavy atom. The first-order valence-electron chi connectivity index (χ1n) is 7.65. The molecule has 1 fully saturated rings. The Morgan fingerprint density at radius 1 is 1.40 bits per heavy atom. The summed E-state index contributed by atoms with van der Waals surface area (Å²) in [6.45, 7) is 7.12. The third kappa shape index (κ3) is 5.19. The standard InChI is InChI=1S/C16H27N3O/c1-14(15-6-7-15)19(11-12-20-2)10-9-17-13-16-5-3-4-8-18-16/h3-5,8,14-15,17H,6-7,9-13H2,1-2H3. The van der Waals surface area contributed by atoms with Gasteiger partial charge in [0.1, 0.15) is 0 Å². The van der Waals surface area contributed by atoms with Crippen molar-refractivity contribution in [1.29, 1.82) is 0 Å². The van der Waals surface area contributed by atoms with Gasteiger partial charge in [0.15, 0.2) is 0 Å². The molecule has 1 aromatic rings. The fourth-order valence-electron chi connectivity index (χ4n) is 2.55. The summed E-state index contributed by atoms with van der Waals surface area (Å²) in [5.74, 6) is 0.905. The van der Waals surface area contributed by atoms with Gasteiger partial charge in [-0.1, -0.05) is 6.07 Å². The number of rotatable bonds is 10. The summed E-state index contributed by atoms with van der Waals surface area (Å²) >= 11 is 0. The van der Waals surface area contributed by atoms with E-state index in [1.807, 2.05) is 18.3 Å². The number of pyridine rings is 1. The summed E-state index contributed by atoms with van der Waals surface area (Å²) < 4.78 is 5.23. The van der Waals surface area contributed by atoms with Crippen LogP contribution >= 0.6 is 0 Å². The fourth-order valence-corrected chi connectivity index (χ4v) is 2.55. The van der Waals surface area contributed by atoms with E-state index >= 15 is 0 Å². The maximum atomic E-state index is 5.23. The molecule has 0 radical (unpaired) electrons. The lowest BCUT2D eigenvalue weighted by Gasteiger charge is -2.29. The van der Waals surface area contributed by atoms with E-state index in [2.05, 4.69) is 28.2 Å². The number of nitrogens with zero attached hydrogens (tertiary/aromatic N) is 2. The summed E-state index contributed by atoms with van der Waals surface area (Å²) in [4.78, 5) is 6.87. The van der Waals surface area contributed by atoms with Crippen LogP contribution in [0.1, 0.15) is 25.5 Å². The smallest absolute Gasteiger partial charge is 0.0589 e. The number of hydrogen-bond donors (Lipinski definition) is 1. The average Bonchev–Trinajstić information content (AvgIpc) is 3.31. The van der Waals surface area contributed by atoms with Gasteiger partial charge in [-0.3, -0.25) is 9.88 Å². The fraction of sp³-hybridized carbons (Fsp3) is 0.688. The van der Waals surface area contributed by atoms with Crippen LogP contribution in [0.15, 0.2) is 24.4 Å². The van der Waals surface area contributed by atoms with E-state index in [0.29, 0.717) is 6.04 Å². The summed E-state index contributed by atoms with van der Waals surface area (Å²) in [6, 6.07) is 6.72. The Morgan fingerprint density at radius 3 is 2.90 bits per heavy atom. The Balaban J connectivity index is 1.68. The maximum Gasteiger partial charge on any atom is 0.0589 e. The van der Waals surface area contributed by atoms with Crippen LogP contribution in [0, 0.1) is 5.92 Å². The minimum Gasteiger partial charge on any atom is -0.383 e. The van der Waals surface area contributed by atoms with Gasteiger partial charge >= 0.3 is 0 Å². The molecule has 1 aliphatic rings. The van der Waals surface area contributed by atoms with Crippen molar-refractivity contribution in [2.45, 2.75) is 32.4 Å². The van der Waals surface area contributed by atoms with E-state index in [1.54, 1.807) is 7.11 Å². The highest BCUT2D eigenvalue weighted by Gasteiger charge is 2.31. The molecule has 1 saturated carbocycles. The first-order valence-corrected chi connectivity index (χ1v) is 7.65. The van der Waals surface area contributed by atoms with Gasteiger partial charge in [-0.15, -0.1) is 0 Å². The van der Waals surface area contributed by atoms with E-state index in [0.717, 1.165) is 44.4 Å². The Hall–Kier alpha value is -0.970. The Kier molecular flexibility index (Phi) is 6.43. The van der Waals surface area contributed by atoms with E-state index in [-0.39, 0.29) is 0 Å². The van der Waals surface area contributed by atoms with Crippen molar-refractivity contribution in [2.75, 3.05) is 33.4 Å². The lowest BCUT2D eigenvalue weighted by atomic mass is 10.2. The number of nitrogens with one attached hydrogen (secondary N) is 1. The molecule has 0 bridgehead atoms. The summed E-state index contributed by atoms with van der Waals surface area (Å²) in [7, 11) is 1.78. The van der Waals surface area contributed by atoms with Crippen molar-refractivity contribution in [1.82, 2.24) is 15.2 Å². The molecule has 0 aromatic carbocycles. The molecule has 4 nitrogen and oxygen atoms in total. The second-order valence-corrected chi connectivity index (χ2v) is 5.60. The molecule has 1 aliphatic carbocycles. The highest BCUT2D eigenvalue weighted by Crippen LogP contribution is 2.34. The molecule has 4 heteroatoms. The molecule has 1 atom stereocenters. The van der Waals surface area contributed by atoms with Crippen molar-refractivity contribution in [3.05, 3.63) is 30.1 Å². The number of hydrogen-bond acceptors (Lipinski definition) is 4. The van der Waals surface area contributed by atoms with E-state index < -0.39 is 0 Å². The van der Waals surface area contributed by atoms with Gasteiger partial charge in [0.05, 0.1) is 12.3 Å². The van der Waals surface area contributed by atoms with Crippen molar-refractivity contribution < 1.29 is 4.74 Å². The topological polar surface area (TPSA) is 37.4 Å². The van der Waals surface area contributed by atoms with Crippen LogP contribution in [0.2, 0.25) is 0 Å². The van der Waals surface area contributed by atoms with Crippen LogP contribution in [-0.4, -0.2) is 49.3 Å². The quantitative estimate of drug-likeness (QED) is 0.663. The lowest BCUT2D eigenvalue weighted by molar-refractivity contribution is 0.117. The zero-order valence-corrected chi connectivity index (χ0v) is 12.7. The molecule has 0 saturated heterocycles. The SMILES string of the molecule is COCCN(CCNCc1ccccn1)C(C)C1CC1. The van der Waals surface area contributed by atoms with Crippen molar-refractivity contribution >= 4 is 0 Å². The first kappa shape index (κ1) is 15.4. The molecule has 112 valence electrons. The number of ether oxygens (including phenoxy) is 1. The highest BCUT2D eigenvalue weighted by molar-refractivity contribution is 5.02. The third-order valence-corrected chi connectivity index (χ3v) is 4.07. The van der Waals surface area contributed by atoms with Crippen LogP contribution in [0.3, 0.4) is 0 Å². The second kappa shape index (κ2) is 8.35. The third-order valence-electron chi connectivity index (χ3n) is 4.07. The van der Waals surface area contributed by atoms with Gasteiger partial charge in [-0.25, -0.2) is 0 Å². The average molecular weight is 277 g/mol. The molecule has 1 unspecified atom stereocenters. The number of aromatic nitrogens is 1. The molecule has 1 heterocycles. The molecule has 2 rings (SSSR count). The molecule has 0 amide bonds. The molecule has 0 aliphatic heterocycles. The largest absolute Gasteiger partial charge is 0.383 e. The minimum atomic E-state index is 0.682. The Labute approximate surface area is 122 Å². The van der Waals surface area contributed by atoms with Crippen molar-refractivity contribution in [3.63, 3.8) is 0 Å². The molecule has 1 aromatic heterocycles. The van der Waals surface area contributed by atoms with Crippen LogP contribution in [0.5, 0.6) is 0 Å². The number of methoxy groups -OCH3 is 1. The summed E-state index contributed by atoms with van der Waals surface area (Å²) in [6.07, 6.45) is 4.63. The monoisotopic (exact) mass is 277 g/mol. The van der Waals surface area contributed by atoms with Gasteiger partial charge in [-0.2, -0.15) is 0 Å². The van der Waals surface area contributed by atoms with Crippen LogP contribution in [-0.2, 0) is 11.3 Å². The summed E-state index contributed by atoms with van der Waals surface area (Å²) in [5, 5.41) is 3.48. The maximum absolute atomic E-state index is 5.23. The van der Waals surface area contributed by atoms with Crippen molar-refractivity contribution in [3.8, 4) is 0 Å². The van der Waals surface area contributed by atoms with Gasteiger partial charge in [-0.05, 0) is 37.8 Å². The minimum absolute atomic E-state index is 0.682. The molecular formula is C16H27N3O. The molecule has 1 N–H and O–H groups in total. The molecular weight excluding hydrogens is 250 g/mol. The normalized spacial score (nSPS) is 16.6. The Bertz CT molecular complexity index is 367. The van der Waals surface area contributed by atoms with Crippen molar-refractivity contribution in [2.24, 2.45) is 5.92 Å². The van der Waals surface area contributed by atoms with Gasteiger partial charge < -0.3 is 10.1 Å². The predicted octanol–water partition coefficient (Wildman–Crippen LogP) is 1.92. The van der Waals surface area contributed by atoms with E-state index in [9.17, 15) is 0 Å². The van der Waals surface area contributed by atoms with Gasteiger partial charge in [0.2, 0.25) is 0 Å². The zero-order valence-electron chi connectivity index (χ0n) is 12.7. The van der Waals surface area contributed by atoms with Crippen LogP contribution < -0.4 is 5.32 Å². The van der Waals surface area contributed by atoms with Crippen LogP contribution in [0.25, 0.3) is 0 Å². The predicted molar refractivity (Wildman–Crippen MR) is 81.6 cm³/mol. The highest BCUT2D eigenvalue weighted by atomic mass is 16.5. The zero-order chi connectivity index (χ0) is 14.2. The van der Waals surface area contributed by atoms with Gasteiger partial charge in [0, 0.05) is 45.5 Å². The first-order chi connectivity index (χ1) is 9.81. The second-order valence-electron chi connectivity index (χ2n) is 5.60. The summed E-state index contributed by atoms with van der Waals surface area (Å²) in [5.41, 5.74) is 1.10. The lowest BCUT2D eigenvalue weighted by Crippen LogP contribution is -2.41.